The summed E-state index contributed by atoms with van der Waals surface area (Å²) in [6.45, 7) is 8.67. The molecule has 1 aliphatic heterocycles. The summed E-state index contributed by atoms with van der Waals surface area (Å²) in [6, 6.07) is 13.8. The van der Waals surface area contributed by atoms with Gasteiger partial charge in [0.1, 0.15) is 22.8 Å². The van der Waals surface area contributed by atoms with Crippen molar-refractivity contribution in [1.82, 2.24) is 10.2 Å². The first-order chi connectivity index (χ1) is 21.3. The number of amides is 3. The van der Waals surface area contributed by atoms with Crippen molar-refractivity contribution >= 4 is 11.9 Å². The van der Waals surface area contributed by atoms with Crippen molar-refractivity contribution in [2.45, 2.75) is 83.1 Å². The Hall–Kier alpha value is -4.26. The minimum Gasteiger partial charge on any atom is -0.491 e. The topological polar surface area (TPSA) is 88.1 Å². The van der Waals surface area contributed by atoms with Crippen LogP contribution in [0.25, 0.3) is 0 Å². The van der Waals surface area contributed by atoms with Crippen LogP contribution < -0.4 is 14.8 Å². The second-order valence-electron chi connectivity index (χ2n) is 11.6. The number of halogens is 6. The maximum absolute atomic E-state index is 13.7. The smallest absolute Gasteiger partial charge is 0.430 e. The fourth-order valence-electron chi connectivity index (χ4n) is 5.32. The van der Waals surface area contributed by atoms with Crippen molar-refractivity contribution in [3.8, 4) is 17.2 Å². The molecule has 1 heterocycles. The summed E-state index contributed by atoms with van der Waals surface area (Å²) in [5.41, 5.74) is -6.78. The number of benzene rings is 3. The Morgan fingerprint density at radius 2 is 1.52 bits per heavy atom. The van der Waals surface area contributed by atoms with E-state index in [9.17, 15) is 41.0 Å². The minimum atomic E-state index is -6.03. The molecule has 2 N–H and O–H groups in total. The molecule has 0 spiro atoms. The number of hydrogen-bond donors (Lipinski definition) is 2. The zero-order valence-corrected chi connectivity index (χ0v) is 25.7. The van der Waals surface area contributed by atoms with Gasteiger partial charge in [0.15, 0.2) is 0 Å². The second kappa shape index (κ2) is 12.5. The predicted molar refractivity (Wildman–Crippen MR) is 156 cm³/mol. The standard InChI is InChI=1S/C33H34F6N2O5/c1-6-8-22-17-24(31(44,32(34,35)36)33(37,38)39)13-16-27(22)46-26-10-7-9-21(18-26)20(4)41-28(42)30(5,40-29(41)43)23-11-14-25(15-12-23)45-19(2)3/h7,9-20,44H,6,8H2,1-5H3,(H,40,43). The highest BCUT2D eigenvalue weighted by Gasteiger charge is 2.71. The van der Waals surface area contributed by atoms with Gasteiger partial charge in [-0.2, -0.15) is 26.3 Å². The molecule has 7 nitrogen and oxygen atoms in total. The maximum atomic E-state index is 13.7. The summed E-state index contributed by atoms with van der Waals surface area (Å²) < 4.78 is 92.5. The number of urea groups is 1. The van der Waals surface area contributed by atoms with Gasteiger partial charge >= 0.3 is 18.4 Å². The molecule has 46 heavy (non-hydrogen) atoms. The molecule has 2 unspecified atom stereocenters. The van der Waals surface area contributed by atoms with E-state index in [1.54, 1.807) is 57.2 Å². The Morgan fingerprint density at radius 3 is 2.09 bits per heavy atom. The van der Waals surface area contributed by atoms with Crippen LogP contribution >= 0.6 is 0 Å². The van der Waals surface area contributed by atoms with E-state index < -0.39 is 47.0 Å². The molecule has 0 bridgehead atoms. The Morgan fingerprint density at radius 1 is 0.891 bits per heavy atom. The first-order valence-corrected chi connectivity index (χ1v) is 14.5. The van der Waals surface area contributed by atoms with Crippen LogP contribution in [-0.2, 0) is 22.4 Å². The molecule has 4 rings (SSSR count). The first-order valence-electron chi connectivity index (χ1n) is 14.5. The Balaban J connectivity index is 1.60. The highest BCUT2D eigenvalue weighted by atomic mass is 19.4. The molecule has 3 aromatic rings. The highest BCUT2D eigenvalue weighted by Crippen LogP contribution is 2.51. The van der Waals surface area contributed by atoms with E-state index >= 15 is 0 Å². The molecule has 1 aliphatic rings. The summed E-state index contributed by atoms with van der Waals surface area (Å²) in [6.07, 6.45) is -11.7. The predicted octanol–water partition coefficient (Wildman–Crippen LogP) is 8.06. The van der Waals surface area contributed by atoms with Crippen LogP contribution in [0.5, 0.6) is 17.2 Å². The molecule has 1 fully saturated rings. The molecule has 0 aliphatic carbocycles. The molecular formula is C33H34F6N2O5. The summed E-state index contributed by atoms with van der Waals surface area (Å²) in [7, 11) is 0. The van der Waals surface area contributed by atoms with Crippen LogP contribution in [0.3, 0.4) is 0 Å². The third-order valence-electron chi connectivity index (χ3n) is 7.80. The number of rotatable bonds is 10. The minimum absolute atomic E-state index is 0.0139. The van der Waals surface area contributed by atoms with Crippen LogP contribution in [0.1, 0.15) is 69.3 Å². The van der Waals surface area contributed by atoms with Crippen LogP contribution in [0.15, 0.2) is 66.7 Å². The number of carbonyl (C=O) groups excluding carboxylic acids is 2. The fraction of sp³-hybridized carbons (Fsp3) is 0.394. The molecule has 1 saturated heterocycles. The normalized spacial score (nSPS) is 18.2. The van der Waals surface area contributed by atoms with Crippen molar-refractivity contribution in [1.29, 1.82) is 0 Å². The molecule has 3 amide bonds. The third-order valence-corrected chi connectivity index (χ3v) is 7.80. The quantitative estimate of drug-likeness (QED) is 0.171. The average molecular weight is 653 g/mol. The number of nitrogens with zero attached hydrogens (tertiary/aromatic N) is 1. The molecule has 248 valence electrons. The van der Waals surface area contributed by atoms with Crippen molar-refractivity contribution in [3.63, 3.8) is 0 Å². The Kier molecular flexibility index (Phi) is 9.41. The summed E-state index contributed by atoms with van der Waals surface area (Å²) in [5.74, 6) is 0.243. The van der Waals surface area contributed by atoms with E-state index in [0.717, 1.165) is 11.0 Å². The molecule has 0 saturated carbocycles. The number of imide groups is 1. The summed E-state index contributed by atoms with van der Waals surface area (Å²) in [4.78, 5) is 27.8. The van der Waals surface area contributed by atoms with E-state index in [2.05, 4.69) is 5.32 Å². The van der Waals surface area contributed by atoms with Gasteiger partial charge in [-0.1, -0.05) is 43.7 Å². The highest BCUT2D eigenvalue weighted by molar-refractivity contribution is 6.07. The van der Waals surface area contributed by atoms with Crippen molar-refractivity contribution < 1.29 is 50.5 Å². The Labute approximate surface area is 262 Å². The fourth-order valence-corrected chi connectivity index (χ4v) is 5.32. The average Bonchev–Trinajstić information content (AvgIpc) is 3.20. The van der Waals surface area contributed by atoms with Gasteiger partial charge in [0, 0.05) is 5.56 Å². The SMILES string of the molecule is CCCc1cc(C(O)(C(F)(F)F)C(F)(F)F)ccc1Oc1cccc(C(C)N2C(=O)NC(C)(c3ccc(OC(C)C)cc3)C2=O)c1. The molecule has 0 aromatic heterocycles. The van der Waals surface area contributed by atoms with Gasteiger partial charge in [0.05, 0.1) is 12.1 Å². The lowest BCUT2D eigenvalue weighted by molar-refractivity contribution is -0.376. The van der Waals surface area contributed by atoms with Crippen molar-refractivity contribution in [2.24, 2.45) is 0 Å². The monoisotopic (exact) mass is 652 g/mol. The van der Waals surface area contributed by atoms with Crippen molar-refractivity contribution in [2.75, 3.05) is 0 Å². The number of ether oxygens (including phenoxy) is 2. The van der Waals surface area contributed by atoms with E-state index in [0.29, 0.717) is 35.4 Å². The number of carbonyl (C=O) groups is 2. The lowest BCUT2D eigenvalue weighted by Gasteiger charge is -2.33. The molecule has 13 heteroatoms. The van der Waals surface area contributed by atoms with Crippen molar-refractivity contribution in [3.05, 3.63) is 89.0 Å². The lowest BCUT2D eigenvalue weighted by Crippen LogP contribution is -2.53. The molecule has 0 radical (unpaired) electrons. The Bertz CT molecular complexity index is 1570. The van der Waals surface area contributed by atoms with Gasteiger partial charge < -0.3 is 19.9 Å². The largest absolute Gasteiger partial charge is 0.491 e. The number of aliphatic hydroxyl groups is 1. The summed E-state index contributed by atoms with van der Waals surface area (Å²) in [5, 5.41) is 12.6. The van der Waals surface area contributed by atoms with Gasteiger partial charge in [0.25, 0.3) is 11.5 Å². The van der Waals surface area contributed by atoms with E-state index in [1.165, 1.54) is 12.1 Å². The number of aryl methyl sites for hydroxylation is 1. The van der Waals surface area contributed by atoms with Gasteiger partial charge in [-0.05, 0) is 87.2 Å². The van der Waals surface area contributed by atoms with E-state index in [-0.39, 0.29) is 29.6 Å². The van der Waals surface area contributed by atoms with Crippen LogP contribution in [-0.4, -0.2) is 40.4 Å². The zero-order chi connectivity index (χ0) is 34.2. The molecule has 3 aromatic carbocycles. The third kappa shape index (κ3) is 6.37. The van der Waals surface area contributed by atoms with Gasteiger partial charge in [-0.15, -0.1) is 0 Å². The maximum Gasteiger partial charge on any atom is 0.430 e. The van der Waals surface area contributed by atoms with Gasteiger partial charge in [-0.3, -0.25) is 9.69 Å². The van der Waals surface area contributed by atoms with E-state index in [1.807, 2.05) is 13.8 Å². The number of alkyl halides is 6. The van der Waals surface area contributed by atoms with Crippen LogP contribution in [0.4, 0.5) is 31.1 Å². The number of nitrogens with one attached hydrogen (secondary N) is 1. The number of hydrogen-bond acceptors (Lipinski definition) is 5. The van der Waals surface area contributed by atoms with Gasteiger partial charge in [0.2, 0.25) is 0 Å². The zero-order valence-electron chi connectivity index (χ0n) is 25.7. The lowest BCUT2D eigenvalue weighted by atomic mass is 9.90. The first kappa shape index (κ1) is 34.6. The molecular weight excluding hydrogens is 618 g/mol. The summed E-state index contributed by atoms with van der Waals surface area (Å²) >= 11 is 0. The second-order valence-corrected chi connectivity index (χ2v) is 11.6. The van der Waals surface area contributed by atoms with Crippen LogP contribution in [0.2, 0.25) is 0 Å². The van der Waals surface area contributed by atoms with E-state index in [4.69, 9.17) is 9.47 Å². The molecule has 2 atom stereocenters. The van der Waals surface area contributed by atoms with Gasteiger partial charge in [-0.25, -0.2) is 4.79 Å². The van der Waals surface area contributed by atoms with Crippen LogP contribution in [0, 0.1) is 0 Å².